The number of esters is 2. The Hall–Kier alpha value is -2.67. The van der Waals surface area contributed by atoms with Gasteiger partial charge < -0.3 is 14.8 Å². The normalized spacial score (nSPS) is 15.5. The molecular formula is C21H23NO5S. The summed E-state index contributed by atoms with van der Waals surface area (Å²) in [5.74, 6) is -0.647. The zero-order valence-electron chi connectivity index (χ0n) is 16.2. The van der Waals surface area contributed by atoms with Crippen LogP contribution in [-0.4, -0.2) is 31.6 Å². The van der Waals surface area contributed by atoms with Gasteiger partial charge in [-0.25, -0.2) is 9.59 Å². The number of carbonyl (C=O) groups is 3. The first-order valence-electron chi connectivity index (χ1n) is 9.26. The number of ether oxygens (including phenoxy) is 2. The average Bonchev–Trinajstić information content (AvgIpc) is 3.04. The van der Waals surface area contributed by atoms with E-state index >= 15 is 0 Å². The summed E-state index contributed by atoms with van der Waals surface area (Å²) in [4.78, 5) is 37.9. The standard InChI is InChI=1S/C21H23NO5S/c1-4-27-21(25)17-15-10-5-12(2)11-16(15)28-19(17)22-18(23)13-6-8-14(9-7-13)20(24)26-3/h6-9,12H,4-5,10-11H2,1-3H3,(H,22,23)/t12-/m1/s1. The quantitative estimate of drug-likeness (QED) is 0.763. The molecule has 0 saturated heterocycles. The van der Waals surface area contributed by atoms with Crippen molar-refractivity contribution < 1.29 is 23.9 Å². The first kappa shape index (κ1) is 20.1. The van der Waals surface area contributed by atoms with Gasteiger partial charge in [-0.3, -0.25) is 4.79 Å². The van der Waals surface area contributed by atoms with Crippen molar-refractivity contribution in [3.05, 3.63) is 51.4 Å². The van der Waals surface area contributed by atoms with Crippen molar-refractivity contribution in [1.82, 2.24) is 0 Å². The Labute approximate surface area is 167 Å². The minimum Gasteiger partial charge on any atom is -0.465 e. The molecule has 0 radical (unpaired) electrons. The molecule has 0 bridgehead atoms. The highest BCUT2D eigenvalue weighted by Crippen LogP contribution is 2.40. The van der Waals surface area contributed by atoms with Gasteiger partial charge in [0.2, 0.25) is 0 Å². The van der Waals surface area contributed by atoms with Gasteiger partial charge >= 0.3 is 11.9 Å². The van der Waals surface area contributed by atoms with Crippen LogP contribution in [0.2, 0.25) is 0 Å². The Balaban J connectivity index is 1.87. The van der Waals surface area contributed by atoms with Crippen molar-refractivity contribution >= 4 is 34.2 Å². The van der Waals surface area contributed by atoms with E-state index in [2.05, 4.69) is 17.0 Å². The van der Waals surface area contributed by atoms with Gasteiger partial charge in [-0.2, -0.15) is 0 Å². The van der Waals surface area contributed by atoms with E-state index in [1.165, 1.54) is 30.6 Å². The molecule has 1 atom stereocenters. The summed E-state index contributed by atoms with van der Waals surface area (Å²) < 4.78 is 9.89. The third-order valence-corrected chi connectivity index (χ3v) is 5.96. The van der Waals surface area contributed by atoms with Crippen LogP contribution < -0.4 is 5.32 Å². The number of amides is 1. The fraction of sp³-hybridized carbons (Fsp3) is 0.381. The molecule has 1 heterocycles. The van der Waals surface area contributed by atoms with Crippen LogP contribution in [0, 0.1) is 5.92 Å². The first-order valence-corrected chi connectivity index (χ1v) is 10.1. The maximum atomic E-state index is 12.7. The molecule has 7 heteroatoms. The summed E-state index contributed by atoms with van der Waals surface area (Å²) in [7, 11) is 1.30. The van der Waals surface area contributed by atoms with Gasteiger partial charge in [-0.15, -0.1) is 11.3 Å². The molecule has 0 aliphatic heterocycles. The predicted octanol–water partition coefficient (Wildman–Crippen LogP) is 4.09. The van der Waals surface area contributed by atoms with Crippen molar-refractivity contribution in [3.8, 4) is 0 Å². The Morgan fingerprint density at radius 1 is 1.14 bits per heavy atom. The van der Waals surface area contributed by atoms with Gasteiger partial charge in [0, 0.05) is 10.4 Å². The molecule has 0 unspecified atom stereocenters. The summed E-state index contributed by atoms with van der Waals surface area (Å²) in [6, 6.07) is 6.19. The number of methoxy groups -OCH3 is 1. The van der Waals surface area contributed by atoms with E-state index in [1.54, 1.807) is 19.1 Å². The zero-order valence-corrected chi connectivity index (χ0v) is 17.0. The number of nitrogens with one attached hydrogen (secondary N) is 1. The third-order valence-electron chi connectivity index (χ3n) is 4.79. The van der Waals surface area contributed by atoms with Gasteiger partial charge in [0.05, 0.1) is 24.8 Å². The van der Waals surface area contributed by atoms with E-state index < -0.39 is 11.9 Å². The second-order valence-corrected chi connectivity index (χ2v) is 7.90. The molecule has 1 aliphatic rings. The molecule has 1 aliphatic carbocycles. The van der Waals surface area contributed by atoms with Crippen LogP contribution in [-0.2, 0) is 22.3 Å². The lowest BCUT2D eigenvalue weighted by molar-refractivity contribution is 0.0525. The summed E-state index contributed by atoms with van der Waals surface area (Å²) in [6.45, 7) is 4.23. The van der Waals surface area contributed by atoms with Crippen LogP contribution in [0.15, 0.2) is 24.3 Å². The maximum absolute atomic E-state index is 12.7. The number of hydrogen-bond donors (Lipinski definition) is 1. The highest BCUT2D eigenvalue weighted by atomic mass is 32.1. The number of benzene rings is 1. The van der Waals surface area contributed by atoms with Crippen LogP contribution >= 0.6 is 11.3 Å². The molecule has 1 aromatic carbocycles. The van der Waals surface area contributed by atoms with Gasteiger partial charge in [0.1, 0.15) is 5.00 Å². The molecule has 3 rings (SSSR count). The monoisotopic (exact) mass is 401 g/mol. The van der Waals surface area contributed by atoms with Gasteiger partial charge in [-0.05, 0) is 61.9 Å². The van der Waals surface area contributed by atoms with Crippen molar-refractivity contribution in [1.29, 1.82) is 0 Å². The number of rotatable bonds is 5. The summed E-state index contributed by atoms with van der Waals surface area (Å²) in [5.41, 5.74) is 2.24. The van der Waals surface area contributed by atoms with E-state index in [1.807, 2.05) is 0 Å². The van der Waals surface area contributed by atoms with E-state index in [0.29, 0.717) is 27.6 Å². The SMILES string of the molecule is CCOC(=O)c1c(NC(=O)c2ccc(C(=O)OC)cc2)sc2c1CC[C@@H](C)C2. The summed E-state index contributed by atoms with van der Waals surface area (Å²) in [5, 5.41) is 3.39. The number of hydrogen-bond acceptors (Lipinski definition) is 6. The van der Waals surface area contributed by atoms with Gasteiger partial charge in [-0.1, -0.05) is 6.92 Å². The minimum atomic E-state index is -0.461. The van der Waals surface area contributed by atoms with E-state index in [9.17, 15) is 14.4 Å². The minimum absolute atomic E-state index is 0.280. The second kappa shape index (κ2) is 8.56. The number of anilines is 1. The lowest BCUT2D eigenvalue weighted by Crippen LogP contribution is -2.16. The van der Waals surface area contributed by atoms with Crippen LogP contribution in [0.1, 0.15) is 61.8 Å². The largest absolute Gasteiger partial charge is 0.465 e. The van der Waals surface area contributed by atoms with Crippen molar-refractivity contribution in [2.75, 3.05) is 19.0 Å². The van der Waals surface area contributed by atoms with Gasteiger partial charge in [0.25, 0.3) is 5.91 Å². The Bertz CT molecular complexity index is 900. The lowest BCUT2D eigenvalue weighted by atomic mass is 9.88. The molecule has 1 amide bonds. The van der Waals surface area contributed by atoms with Crippen LogP contribution in [0.5, 0.6) is 0 Å². The molecule has 2 aromatic rings. The highest BCUT2D eigenvalue weighted by Gasteiger charge is 2.29. The van der Waals surface area contributed by atoms with Gasteiger partial charge in [0.15, 0.2) is 0 Å². The Morgan fingerprint density at radius 3 is 2.46 bits per heavy atom. The van der Waals surface area contributed by atoms with Crippen molar-refractivity contribution in [2.45, 2.75) is 33.1 Å². The Kier molecular flexibility index (Phi) is 6.14. The predicted molar refractivity (Wildman–Crippen MR) is 107 cm³/mol. The fourth-order valence-electron chi connectivity index (χ4n) is 3.31. The molecule has 28 heavy (non-hydrogen) atoms. The summed E-state index contributed by atoms with van der Waals surface area (Å²) in [6.07, 6.45) is 2.72. The fourth-order valence-corrected chi connectivity index (χ4v) is 4.70. The van der Waals surface area contributed by atoms with Crippen LogP contribution in [0.4, 0.5) is 5.00 Å². The molecule has 0 saturated carbocycles. The maximum Gasteiger partial charge on any atom is 0.341 e. The number of carbonyl (C=O) groups excluding carboxylic acids is 3. The molecule has 1 aromatic heterocycles. The third kappa shape index (κ3) is 4.09. The first-order chi connectivity index (χ1) is 13.4. The van der Waals surface area contributed by atoms with Crippen LogP contribution in [0.3, 0.4) is 0 Å². The molecule has 1 N–H and O–H groups in total. The van der Waals surface area contributed by atoms with Crippen molar-refractivity contribution in [3.63, 3.8) is 0 Å². The van der Waals surface area contributed by atoms with Crippen LogP contribution in [0.25, 0.3) is 0 Å². The number of fused-ring (bicyclic) bond motifs is 1. The molecular weight excluding hydrogens is 378 g/mol. The molecule has 148 valence electrons. The zero-order chi connectivity index (χ0) is 20.3. The topological polar surface area (TPSA) is 81.7 Å². The van der Waals surface area contributed by atoms with E-state index in [-0.39, 0.29) is 12.5 Å². The molecule has 0 spiro atoms. The smallest absolute Gasteiger partial charge is 0.341 e. The highest BCUT2D eigenvalue weighted by molar-refractivity contribution is 7.17. The molecule has 0 fully saturated rings. The lowest BCUT2D eigenvalue weighted by Gasteiger charge is -2.18. The summed E-state index contributed by atoms with van der Waals surface area (Å²) >= 11 is 1.45. The second-order valence-electron chi connectivity index (χ2n) is 6.80. The average molecular weight is 401 g/mol. The van der Waals surface area contributed by atoms with E-state index in [4.69, 9.17) is 4.74 Å². The van der Waals surface area contributed by atoms with Crippen molar-refractivity contribution in [2.24, 2.45) is 5.92 Å². The Morgan fingerprint density at radius 2 is 1.82 bits per heavy atom. The number of thiophene rings is 1. The van der Waals surface area contributed by atoms with E-state index in [0.717, 1.165) is 29.7 Å². The molecule has 6 nitrogen and oxygen atoms in total.